The number of amides is 1. The maximum Gasteiger partial charge on any atom is 0.236 e. The standard InChI is InChI=1S/C31H30ClN3O/c32-29-14-8-7-13-26(29)23-34-19-21-35(22-20-34)28-17-15-27(16-18-28)33-31(36)30(24-9-3-1-4-10-24)25-11-5-2-6-12-25/h1-18,30H,19-23H2,(H,33,36). The first-order valence-corrected chi connectivity index (χ1v) is 12.8. The van der Waals surface area contributed by atoms with E-state index in [1.807, 2.05) is 91.0 Å². The summed E-state index contributed by atoms with van der Waals surface area (Å²) in [5.74, 6) is -0.397. The van der Waals surface area contributed by atoms with Crippen molar-refractivity contribution in [3.63, 3.8) is 0 Å². The molecule has 1 saturated heterocycles. The lowest BCUT2D eigenvalue weighted by molar-refractivity contribution is -0.116. The maximum absolute atomic E-state index is 13.4. The maximum atomic E-state index is 13.4. The second-order valence-electron chi connectivity index (χ2n) is 9.15. The van der Waals surface area contributed by atoms with Gasteiger partial charge in [-0.3, -0.25) is 9.69 Å². The normalized spacial score (nSPS) is 14.1. The zero-order valence-electron chi connectivity index (χ0n) is 20.2. The number of carbonyl (C=O) groups is 1. The monoisotopic (exact) mass is 495 g/mol. The van der Waals surface area contributed by atoms with Crippen LogP contribution in [0.15, 0.2) is 109 Å². The molecule has 1 aliphatic heterocycles. The molecule has 0 bridgehead atoms. The second kappa shape index (κ2) is 11.4. The molecule has 0 radical (unpaired) electrons. The lowest BCUT2D eigenvalue weighted by Gasteiger charge is -2.36. The minimum absolute atomic E-state index is 0.0339. The number of nitrogens with zero attached hydrogens (tertiary/aromatic N) is 2. The van der Waals surface area contributed by atoms with Gasteiger partial charge in [0.2, 0.25) is 5.91 Å². The predicted octanol–water partition coefficient (Wildman–Crippen LogP) is 6.43. The van der Waals surface area contributed by atoms with Crippen molar-refractivity contribution in [2.24, 2.45) is 0 Å². The molecule has 0 spiro atoms. The van der Waals surface area contributed by atoms with Crippen LogP contribution in [-0.2, 0) is 11.3 Å². The number of rotatable bonds is 7. The van der Waals surface area contributed by atoms with Gasteiger partial charge in [-0.2, -0.15) is 0 Å². The first-order chi connectivity index (χ1) is 17.7. The van der Waals surface area contributed by atoms with Crippen LogP contribution >= 0.6 is 11.6 Å². The lowest BCUT2D eigenvalue weighted by atomic mass is 9.90. The molecule has 182 valence electrons. The van der Waals surface area contributed by atoms with Crippen LogP contribution in [0.25, 0.3) is 0 Å². The van der Waals surface area contributed by atoms with Crippen molar-refractivity contribution in [3.8, 4) is 0 Å². The number of nitrogens with one attached hydrogen (secondary N) is 1. The summed E-state index contributed by atoms with van der Waals surface area (Å²) in [6, 6.07) is 36.1. The number of hydrogen-bond acceptors (Lipinski definition) is 3. The molecule has 0 atom stereocenters. The first kappa shape index (κ1) is 24.1. The van der Waals surface area contributed by atoms with Gasteiger partial charge in [0.25, 0.3) is 0 Å². The molecule has 4 aromatic carbocycles. The smallest absolute Gasteiger partial charge is 0.236 e. The van der Waals surface area contributed by atoms with Crippen molar-refractivity contribution >= 4 is 28.9 Å². The molecular weight excluding hydrogens is 466 g/mol. The molecule has 5 rings (SSSR count). The molecule has 5 heteroatoms. The Bertz CT molecular complexity index is 1230. The largest absolute Gasteiger partial charge is 0.369 e. The van der Waals surface area contributed by atoms with Crippen LogP contribution in [0.3, 0.4) is 0 Å². The van der Waals surface area contributed by atoms with Crippen molar-refractivity contribution in [3.05, 3.63) is 131 Å². The topological polar surface area (TPSA) is 35.6 Å². The molecule has 1 aliphatic rings. The highest BCUT2D eigenvalue weighted by Gasteiger charge is 2.23. The molecule has 36 heavy (non-hydrogen) atoms. The van der Waals surface area contributed by atoms with Gasteiger partial charge in [0.15, 0.2) is 0 Å². The van der Waals surface area contributed by atoms with E-state index in [0.717, 1.165) is 54.6 Å². The molecule has 1 heterocycles. The summed E-state index contributed by atoms with van der Waals surface area (Å²) in [6.45, 7) is 4.77. The van der Waals surface area contributed by atoms with Gasteiger partial charge in [-0.1, -0.05) is 90.5 Å². The average molecular weight is 496 g/mol. The first-order valence-electron chi connectivity index (χ1n) is 12.4. The number of halogens is 1. The molecule has 4 aromatic rings. The van der Waals surface area contributed by atoms with E-state index in [1.54, 1.807) is 0 Å². The fraction of sp³-hybridized carbons (Fsp3) is 0.194. The summed E-state index contributed by atoms with van der Waals surface area (Å²) in [7, 11) is 0. The third-order valence-corrected chi connectivity index (χ3v) is 7.12. The molecule has 1 N–H and O–H groups in total. The van der Waals surface area contributed by atoms with Crippen LogP contribution in [-0.4, -0.2) is 37.0 Å². The Labute approximate surface area is 218 Å². The number of benzene rings is 4. The summed E-state index contributed by atoms with van der Waals surface area (Å²) in [6.07, 6.45) is 0. The fourth-order valence-electron chi connectivity index (χ4n) is 4.79. The summed E-state index contributed by atoms with van der Waals surface area (Å²) >= 11 is 6.34. The molecule has 4 nitrogen and oxygen atoms in total. The zero-order chi connectivity index (χ0) is 24.7. The van der Waals surface area contributed by atoms with E-state index in [-0.39, 0.29) is 11.8 Å². The number of hydrogen-bond donors (Lipinski definition) is 1. The van der Waals surface area contributed by atoms with E-state index < -0.39 is 0 Å². The van der Waals surface area contributed by atoms with E-state index in [4.69, 9.17) is 11.6 Å². The Kier molecular flexibility index (Phi) is 7.65. The predicted molar refractivity (Wildman–Crippen MR) is 149 cm³/mol. The van der Waals surface area contributed by atoms with Gasteiger partial charge < -0.3 is 10.2 Å². The molecule has 0 unspecified atom stereocenters. The van der Waals surface area contributed by atoms with Crippen molar-refractivity contribution in [1.82, 2.24) is 4.90 Å². The van der Waals surface area contributed by atoms with Crippen molar-refractivity contribution in [2.75, 3.05) is 36.4 Å². The number of carbonyl (C=O) groups excluding carboxylic acids is 1. The van der Waals surface area contributed by atoms with Gasteiger partial charge in [0.1, 0.15) is 0 Å². The van der Waals surface area contributed by atoms with Crippen LogP contribution in [0.5, 0.6) is 0 Å². The third kappa shape index (κ3) is 5.78. The molecule has 0 saturated carbocycles. The summed E-state index contributed by atoms with van der Waals surface area (Å²) < 4.78 is 0. The van der Waals surface area contributed by atoms with E-state index in [2.05, 4.69) is 33.3 Å². The minimum Gasteiger partial charge on any atom is -0.369 e. The summed E-state index contributed by atoms with van der Waals surface area (Å²) in [5.41, 5.74) is 5.11. The van der Waals surface area contributed by atoms with E-state index in [9.17, 15) is 4.79 Å². The van der Waals surface area contributed by atoms with Gasteiger partial charge in [0, 0.05) is 49.1 Å². The van der Waals surface area contributed by atoms with Crippen LogP contribution in [0, 0.1) is 0 Å². The average Bonchev–Trinajstić information content (AvgIpc) is 2.92. The molecular formula is C31H30ClN3O. The second-order valence-corrected chi connectivity index (χ2v) is 9.55. The van der Waals surface area contributed by atoms with Gasteiger partial charge in [-0.15, -0.1) is 0 Å². The quantitative estimate of drug-likeness (QED) is 0.321. The number of anilines is 2. The molecule has 0 aliphatic carbocycles. The minimum atomic E-state index is -0.363. The Morgan fingerprint density at radius 2 is 1.28 bits per heavy atom. The summed E-state index contributed by atoms with van der Waals surface area (Å²) in [4.78, 5) is 18.2. The molecule has 1 fully saturated rings. The van der Waals surface area contributed by atoms with Crippen molar-refractivity contribution < 1.29 is 4.79 Å². The highest BCUT2D eigenvalue weighted by atomic mass is 35.5. The summed E-state index contributed by atoms with van der Waals surface area (Å²) in [5, 5.41) is 3.96. The van der Waals surface area contributed by atoms with Crippen LogP contribution in [0.1, 0.15) is 22.6 Å². The van der Waals surface area contributed by atoms with Crippen molar-refractivity contribution in [2.45, 2.75) is 12.5 Å². The Morgan fingerprint density at radius 1 is 0.722 bits per heavy atom. The van der Waals surface area contributed by atoms with E-state index >= 15 is 0 Å². The number of piperazine rings is 1. The third-order valence-electron chi connectivity index (χ3n) is 6.75. The van der Waals surface area contributed by atoms with Gasteiger partial charge in [-0.05, 0) is 47.0 Å². The molecule has 1 amide bonds. The highest BCUT2D eigenvalue weighted by molar-refractivity contribution is 6.31. The fourth-order valence-corrected chi connectivity index (χ4v) is 4.98. The zero-order valence-corrected chi connectivity index (χ0v) is 20.9. The Balaban J connectivity index is 1.21. The molecule has 0 aromatic heterocycles. The van der Waals surface area contributed by atoms with Gasteiger partial charge in [-0.25, -0.2) is 0 Å². The van der Waals surface area contributed by atoms with Gasteiger partial charge in [0.05, 0.1) is 5.92 Å². The Hall–Kier alpha value is -3.60. The van der Waals surface area contributed by atoms with Gasteiger partial charge >= 0.3 is 0 Å². The van der Waals surface area contributed by atoms with E-state index in [1.165, 1.54) is 11.3 Å². The van der Waals surface area contributed by atoms with Crippen LogP contribution < -0.4 is 10.2 Å². The van der Waals surface area contributed by atoms with Crippen LogP contribution in [0.4, 0.5) is 11.4 Å². The Morgan fingerprint density at radius 3 is 1.86 bits per heavy atom. The van der Waals surface area contributed by atoms with E-state index in [0.29, 0.717) is 0 Å². The lowest BCUT2D eigenvalue weighted by Crippen LogP contribution is -2.46. The highest BCUT2D eigenvalue weighted by Crippen LogP contribution is 2.27. The van der Waals surface area contributed by atoms with Crippen LogP contribution in [0.2, 0.25) is 5.02 Å². The van der Waals surface area contributed by atoms with Crippen molar-refractivity contribution in [1.29, 1.82) is 0 Å². The SMILES string of the molecule is O=C(Nc1ccc(N2CCN(Cc3ccccc3Cl)CC2)cc1)C(c1ccccc1)c1ccccc1.